The van der Waals surface area contributed by atoms with Gasteiger partial charge in [-0.1, -0.05) is 17.4 Å². The third kappa shape index (κ3) is 5.01. The predicted molar refractivity (Wildman–Crippen MR) is 113 cm³/mol. The molecule has 1 heterocycles. The van der Waals surface area contributed by atoms with E-state index >= 15 is 0 Å². The smallest absolute Gasteiger partial charge is 0.418 e. The minimum atomic E-state index is -4.54. The molecule has 0 aliphatic carbocycles. The second-order valence-corrected chi connectivity index (χ2v) is 7.25. The first-order chi connectivity index (χ1) is 14.8. The van der Waals surface area contributed by atoms with Crippen molar-refractivity contribution in [2.24, 2.45) is 0 Å². The molecule has 1 N–H and O–H groups in total. The number of fused-ring (bicyclic) bond motifs is 1. The minimum absolute atomic E-state index is 0.0569. The summed E-state index contributed by atoms with van der Waals surface area (Å²) in [6.45, 7) is 6.46. The van der Waals surface area contributed by atoms with Crippen molar-refractivity contribution in [1.29, 1.82) is 0 Å². The molecule has 1 amide bonds. The third-order valence-corrected chi connectivity index (χ3v) is 5.05. The Labute approximate surface area is 180 Å². The summed E-state index contributed by atoms with van der Waals surface area (Å²) in [7, 11) is 0. The molecule has 166 valence electrons. The van der Waals surface area contributed by atoms with Gasteiger partial charge in [0.1, 0.15) is 0 Å². The van der Waals surface area contributed by atoms with E-state index in [2.05, 4.69) is 10.3 Å². The lowest BCUT2D eigenvalue weighted by Crippen LogP contribution is -2.13. The van der Waals surface area contributed by atoms with E-state index in [1.54, 1.807) is 13.8 Å². The number of alkyl halides is 3. The summed E-state index contributed by atoms with van der Waals surface area (Å²) in [5, 5.41) is 2.62. The minimum Gasteiger partial charge on any atom is -0.490 e. The number of ether oxygens (including phenoxy) is 3. The Balaban J connectivity index is 1.96. The first kappa shape index (κ1) is 22.7. The first-order valence-corrected chi connectivity index (χ1v) is 10.4. The van der Waals surface area contributed by atoms with Crippen LogP contribution in [0.3, 0.4) is 0 Å². The van der Waals surface area contributed by atoms with Gasteiger partial charge >= 0.3 is 6.18 Å². The monoisotopic (exact) mass is 454 g/mol. The van der Waals surface area contributed by atoms with E-state index < -0.39 is 17.6 Å². The number of carbonyl (C=O) groups is 1. The van der Waals surface area contributed by atoms with E-state index in [0.29, 0.717) is 41.8 Å². The number of anilines is 1. The highest BCUT2D eigenvalue weighted by Crippen LogP contribution is 2.40. The van der Waals surface area contributed by atoms with Gasteiger partial charge in [-0.3, -0.25) is 10.1 Å². The molecule has 3 rings (SSSR count). The van der Waals surface area contributed by atoms with Crippen LogP contribution in [0, 0.1) is 0 Å². The molecule has 0 spiro atoms. The molecule has 1 aromatic heterocycles. The van der Waals surface area contributed by atoms with Gasteiger partial charge in [-0.2, -0.15) is 13.2 Å². The standard InChI is InChI=1S/C21H21F3N2O4S/c1-4-28-14-10-12(11-15(29-5-2)18(14)30-6-3)19(27)26-20-25-17-13(21(22,23)24)8-7-9-16(17)31-20/h7-11H,4-6H2,1-3H3,(H,25,26,27). The van der Waals surface area contributed by atoms with E-state index in [-0.39, 0.29) is 16.2 Å². The van der Waals surface area contributed by atoms with Crippen LogP contribution in [-0.4, -0.2) is 30.7 Å². The maximum atomic E-state index is 13.2. The summed E-state index contributed by atoms with van der Waals surface area (Å²) >= 11 is 0.960. The Morgan fingerprint density at radius 1 is 1.03 bits per heavy atom. The number of halogens is 3. The predicted octanol–water partition coefficient (Wildman–Crippen LogP) is 5.76. The Hall–Kier alpha value is -3.01. The van der Waals surface area contributed by atoms with Crippen molar-refractivity contribution in [3.05, 3.63) is 41.5 Å². The van der Waals surface area contributed by atoms with Crippen LogP contribution in [-0.2, 0) is 6.18 Å². The van der Waals surface area contributed by atoms with Crippen molar-refractivity contribution in [2.75, 3.05) is 25.1 Å². The fraction of sp³-hybridized carbons (Fsp3) is 0.333. The van der Waals surface area contributed by atoms with Crippen LogP contribution in [0.1, 0.15) is 36.7 Å². The Morgan fingerprint density at radius 2 is 1.65 bits per heavy atom. The van der Waals surface area contributed by atoms with E-state index in [0.717, 1.165) is 17.4 Å². The average Bonchev–Trinajstić information content (AvgIpc) is 3.11. The Kier molecular flexibility index (Phi) is 6.89. The van der Waals surface area contributed by atoms with Crippen molar-refractivity contribution in [3.63, 3.8) is 0 Å². The number of benzene rings is 2. The van der Waals surface area contributed by atoms with Gasteiger partial charge < -0.3 is 14.2 Å². The van der Waals surface area contributed by atoms with Crippen LogP contribution in [0.15, 0.2) is 30.3 Å². The normalized spacial score (nSPS) is 11.4. The molecular weight excluding hydrogens is 433 g/mol. The van der Waals surface area contributed by atoms with Crippen molar-refractivity contribution < 1.29 is 32.2 Å². The number of para-hydroxylation sites is 1. The van der Waals surface area contributed by atoms with Crippen molar-refractivity contribution in [2.45, 2.75) is 26.9 Å². The summed E-state index contributed by atoms with van der Waals surface area (Å²) in [6.07, 6.45) is -4.54. The maximum absolute atomic E-state index is 13.2. The zero-order chi connectivity index (χ0) is 22.6. The number of amides is 1. The van der Waals surface area contributed by atoms with Gasteiger partial charge in [-0.15, -0.1) is 0 Å². The quantitative estimate of drug-likeness (QED) is 0.468. The number of hydrogen-bond acceptors (Lipinski definition) is 6. The Morgan fingerprint density at radius 3 is 2.19 bits per heavy atom. The van der Waals surface area contributed by atoms with E-state index in [4.69, 9.17) is 14.2 Å². The highest BCUT2D eigenvalue weighted by molar-refractivity contribution is 7.22. The number of nitrogens with one attached hydrogen (secondary N) is 1. The zero-order valence-electron chi connectivity index (χ0n) is 17.1. The summed E-state index contributed by atoms with van der Waals surface area (Å²) in [5.41, 5.74) is -0.849. The molecule has 0 atom stereocenters. The molecule has 0 aliphatic heterocycles. The van der Waals surface area contributed by atoms with Gasteiger partial charge in [0.15, 0.2) is 16.6 Å². The van der Waals surface area contributed by atoms with Gasteiger partial charge in [-0.05, 0) is 45.0 Å². The van der Waals surface area contributed by atoms with Crippen LogP contribution >= 0.6 is 11.3 Å². The first-order valence-electron chi connectivity index (χ1n) is 9.62. The lowest BCUT2D eigenvalue weighted by molar-refractivity contribution is -0.136. The van der Waals surface area contributed by atoms with Crippen LogP contribution in [0.4, 0.5) is 18.3 Å². The fourth-order valence-corrected chi connectivity index (χ4v) is 3.81. The summed E-state index contributed by atoms with van der Waals surface area (Å²) in [4.78, 5) is 16.8. The van der Waals surface area contributed by atoms with Crippen molar-refractivity contribution >= 4 is 32.6 Å². The summed E-state index contributed by atoms with van der Waals surface area (Å²) in [6, 6.07) is 6.80. The Bertz CT molecular complexity index is 1060. The van der Waals surface area contributed by atoms with Gasteiger partial charge in [-0.25, -0.2) is 4.98 Å². The van der Waals surface area contributed by atoms with Crippen LogP contribution < -0.4 is 19.5 Å². The van der Waals surface area contributed by atoms with E-state index in [1.165, 1.54) is 24.3 Å². The number of hydrogen-bond donors (Lipinski definition) is 1. The second kappa shape index (κ2) is 9.42. The van der Waals surface area contributed by atoms with Gasteiger partial charge in [0.25, 0.3) is 5.91 Å². The third-order valence-electron chi connectivity index (χ3n) is 4.12. The van der Waals surface area contributed by atoms with Crippen molar-refractivity contribution in [1.82, 2.24) is 4.98 Å². The number of aromatic nitrogens is 1. The van der Waals surface area contributed by atoms with Gasteiger partial charge in [0.2, 0.25) is 5.75 Å². The highest BCUT2D eigenvalue weighted by atomic mass is 32.1. The number of carbonyl (C=O) groups excluding carboxylic acids is 1. The molecule has 31 heavy (non-hydrogen) atoms. The topological polar surface area (TPSA) is 69.7 Å². The summed E-state index contributed by atoms with van der Waals surface area (Å²) in [5.74, 6) is 0.503. The van der Waals surface area contributed by atoms with Crippen molar-refractivity contribution in [3.8, 4) is 17.2 Å². The largest absolute Gasteiger partial charge is 0.490 e. The number of rotatable bonds is 8. The van der Waals surface area contributed by atoms with Crippen LogP contribution in [0.25, 0.3) is 10.2 Å². The SMILES string of the molecule is CCOc1cc(C(=O)Nc2nc3c(C(F)(F)F)cccc3s2)cc(OCC)c1OCC. The molecule has 0 radical (unpaired) electrons. The molecule has 0 saturated carbocycles. The molecule has 3 aromatic rings. The molecule has 0 bridgehead atoms. The fourth-order valence-electron chi connectivity index (χ4n) is 2.92. The average molecular weight is 454 g/mol. The van der Waals surface area contributed by atoms with E-state index in [9.17, 15) is 18.0 Å². The van der Waals surface area contributed by atoms with Crippen LogP contribution in [0.2, 0.25) is 0 Å². The number of thiazole rings is 1. The molecular formula is C21H21F3N2O4S. The lowest BCUT2D eigenvalue weighted by Gasteiger charge is -2.16. The molecule has 2 aromatic carbocycles. The lowest BCUT2D eigenvalue weighted by atomic mass is 10.1. The highest BCUT2D eigenvalue weighted by Gasteiger charge is 2.33. The van der Waals surface area contributed by atoms with Gasteiger partial charge in [0, 0.05) is 5.56 Å². The van der Waals surface area contributed by atoms with E-state index in [1.807, 2.05) is 6.92 Å². The molecule has 6 nitrogen and oxygen atoms in total. The molecule has 0 unspecified atom stereocenters. The number of nitrogens with zero attached hydrogens (tertiary/aromatic N) is 1. The van der Waals surface area contributed by atoms with Gasteiger partial charge in [0.05, 0.1) is 35.6 Å². The summed E-state index contributed by atoms with van der Waals surface area (Å²) < 4.78 is 56.8. The molecule has 0 fully saturated rings. The molecule has 0 saturated heterocycles. The zero-order valence-corrected chi connectivity index (χ0v) is 17.9. The molecule has 10 heteroatoms. The van der Waals surface area contributed by atoms with Crippen LogP contribution in [0.5, 0.6) is 17.2 Å². The molecule has 0 aliphatic rings. The second-order valence-electron chi connectivity index (χ2n) is 6.22. The maximum Gasteiger partial charge on any atom is 0.418 e.